The van der Waals surface area contributed by atoms with Crippen LogP contribution in [0.5, 0.6) is 17.2 Å². The van der Waals surface area contributed by atoms with Crippen molar-refractivity contribution in [3.8, 4) is 17.2 Å². The molecule has 0 unspecified atom stereocenters. The van der Waals surface area contributed by atoms with Gasteiger partial charge in [0.15, 0.2) is 11.6 Å². The number of piperazine rings is 1. The summed E-state index contributed by atoms with van der Waals surface area (Å²) < 4.78 is 26.4. The quantitative estimate of drug-likeness (QED) is 0.804. The number of rotatable bonds is 4. The standard InChI is InChI=1S/C23H25FN2O5/c1-23(2)13-16-19(11-15(22(28)29)12-20(16)31-23)30-18-5-4-14(10-17(18)24)21(27)26-8-6-25(3)7-9-26/h4-5,10-12H,6-9,13H2,1-3H3,(H,28,29). The number of carboxylic acid groups (broad SMARTS) is 1. The third-order valence-electron chi connectivity index (χ3n) is 5.59. The van der Waals surface area contributed by atoms with Crippen LogP contribution in [0.1, 0.15) is 40.1 Å². The van der Waals surface area contributed by atoms with Crippen LogP contribution in [0.2, 0.25) is 0 Å². The first-order valence-electron chi connectivity index (χ1n) is 10.2. The lowest BCUT2D eigenvalue weighted by atomic mass is 10.00. The van der Waals surface area contributed by atoms with Crippen molar-refractivity contribution in [1.82, 2.24) is 9.80 Å². The van der Waals surface area contributed by atoms with E-state index in [1.54, 1.807) is 4.90 Å². The fraction of sp³-hybridized carbons (Fsp3) is 0.391. The highest BCUT2D eigenvalue weighted by Gasteiger charge is 2.34. The van der Waals surface area contributed by atoms with E-state index in [9.17, 15) is 19.1 Å². The fourth-order valence-corrected chi connectivity index (χ4v) is 3.89. The van der Waals surface area contributed by atoms with Gasteiger partial charge in [-0.3, -0.25) is 4.79 Å². The molecule has 0 radical (unpaired) electrons. The Morgan fingerprint density at radius 3 is 2.42 bits per heavy atom. The second-order valence-electron chi connectivity index (χ2n) is 8.64. The molecule has 2 aliphatic heterocycles. The summed E-state index contributed by atoms with van der Waals surface area (Å²) in [5.41, 5.74) is 0.415. The minimum Gasteiger partial charge on any atom is -0.487 e. The number of fused-ring (bicyclic) bond motifs is 1. The van der Waals surface area contributed by atoms with Gasteiger partial charge in [-0.05, 0) is 51.2 Å². The number of halogens is 1. The zero-order valence-corrected chi connectivity index (χ0v) is 17.8. The number of amides is 1. The van der Waals surface area contributed by atoms with Crippen LogP contribution in [0.25, 0.3) is 0 Å². The van der Waals surface area contributed by atoms with Gasteiger partial charge in [0.1, 0.15) is 17.1 Å². The van der Waals surface area contributed by atoms with E-state index in [2.05, 4.69) is 4.90 Å². The fourth-order valence-electron chi connectivity index (χ4n) is 3.89. The van der Waals surface area contributed by atoms with Crippen LogP contribution in [-0.2, 0) is 6.42 Å². The van der Waals surface area contributed by atoms with Gasteiger partial charge in [0.2, 0.25) is 0 Å². The molecule has 1 amide bonds. The minimum absolute atomic E-state index is 0.00581. The number of aromatic carboxylic acids is 1. The van der Waals surface area contributed by atoms with Crippen molar-refractivity contribution in [3.05, 3.63) is 52.8 Å². The number of carboxylic acids is 1. The summed E-state index contributed by atoms with van der Waals surface area (Å²) >= 11 is 0. The summed E-state index contributed by atoms with van der Waals surface area (Å²) in [6.45, 7) is 6.52. The zero-order chi connectivity index (χ0) is 22.3. The van der Waals surface area contributed by atoms with Crippen LogP contribution >= 0.6 is 0 Å². The topological polar surface area (TPSA) is 79.3 Å². The van der Waals surface area contributed by atoms with Gasteiger partial charge < -0.3 is 24.4 Å². The highest BCUT2D eigenvalue weighted by atomic mass is 19.1. The van der Waals surface area contributed by atoms with Gasteiger partial charge in [-0.2, -0.15) is 0 Å². The normalized spacial score (nSPS) is 17.7. The smallest absolute Gasteiger partial charge is 0.335 e. The molecule has 4 rings (SSSR count). The Kier molecular flexibility index (Phi) is 5.35. The molecule has 31 heavy (non-hydrogen) atoms. The van der Waals surface area contributed by atoms with Crippen LogP contribution in [0, 0.1) is 5.82 Å². The number of carbonyl (C=O) groups excluding carboxylic acids is 1. The van der Waals surface area contributed by atoms with E-state index in [1.165, 1.54) is 24.3 Å². The van der Waals surface area contributed by atoms with Gasteiger partial charge in [0.25, 0.3) is 5.91 Å². The Bertz CT molecular complexity index is 1040. The average molecular weight is 428 g/mol. The molecule has 0 aliphatic carbocycles. The number of carbonyl (C=O) groups is 2. The number of likely N-dealkylation sites (N-methyl/N-ethyl adjacent to an activating group) is 1. The van der Waals surface area contributed by atoms with E-state index in [0.717, 1.165) is 19.2 Å². The summed E-state index contributed by atoms with van der Waals surface area (Å²) in [6, 6.07) is 6.92. The van der Waals surface area contributed by atoms with Crippen molar-refractivity contribution in [2.24, 2.45) is 0 Å². The molecule has 1 saturated heterocycles. The molecule has 2 aromatic carbocycles. The molecule has 2 heterocycles. The molecule has 0 saturated carbocycles. The van der Waals surface area contributed by atoms with E-state index in [4.69, 9.17) is 9.47 Å². The van der Waals surface area contributed by atoms with Crippen molar-refractivity contribution in [2.75, 3.05) is 33.2 Å². The van der Waals surface area contributed by atoms with Crippen molar-refractivity contribution in [1.29, 1.82) is 0 Å². The number of benzene rings is 2. The molecule has 0 atom stereocenters. The SMILES string of the molecule is CN1CCN(C(=O)c2ccc(Oc3cc(C(=O)O)cc4c3CC(C)(C)O4)c(F)c2)CC1. The Hall–Kier alpha value is -3.13. The summed E-state index contributed by atoms with van der Waals surface area (Å²) in [5.74, 6) is -1.46. The molecule has 7 nitrogen and oxygen atoms in total. The molecular formula is C23H25FN2O5. The summed E-state index contributed by atoms with van der Waals surface area (Å²) in [7, 11) is 2.00. The van der Waals surface area contributed by atoms with E-state index in [-0.39, 0.29) is 28.5 Å². The first-order valence-corrected chi connectivity index (χ1v) is 10.2. The third kappa shape index (κ3) is 4.34. The maximum absolute atomic E-state index is 14.8. The van der Waals surface area contributed by atoms with Gasteiger partial charge in [0, 0.05) is 43.7 Å². The maximum Gasteiger partial charge on any atom is 0.335 e. The van der Waals surface area contributed by atoms with Crippen LogP contribution in [0.15, 0.2) is 30.3 Å². The van der Waals surface area contributed by atoms with Crippen LogP contribution in [-0.4, -0.2) is 65.6 Å². The van der Waals surface area contributed by atoms with E-state index < -0.39 is 17.4 Å². The average Bonchev–Trinajstić information content (AvgIpc) is 3.03. The van der Waals surface area contributed by atoms with Crippen molar-refractivity contribution >= 4 is 11.9 Å². The van der Waals surface area contributed by atoms with Crippen LogP contribution in [0.3, 0.4) is 0 Å². The van der Waals surface area contributed by atoms with Gasteiger partial charge in [-0.1, -0.05) is 0 Å². The Labute approximate surface area is 180 Å². The van der Waals surface area contributed by atoms with Crippen molar-refractivity contribution < 1.29 is 28.6 Å². The molecule has 0 bridgehead atoms. The molecular weight excluding hydrogens is 403 g/mol. The Balaban J connectivity index is 1.59. The lowest BCUT2D eigenvalue weighted by Gasteiger charge is -2.32. The van der Waals surface area contributed by atoms with Gasteiger partial charge in [0.05, 0.1) is 5.56 Å². The molecule has 0 aromatic heterocycles. The molecule has 2 aliphatic rings. The first-order chi connectivity index (χ1) is 14.6. The number of hydrogen-bond donors (Lipinski definition) is 1. The summed E-state index contributed by atoms with van der Waals surface area (Å²) in [5, 5.41) is 9.40. The number of hydrogen-bond acceptors (Lipinski definition) is 5. The first kappa shape index (κ1) is 21.1. The van der Waals surface area contributed by atoms with Gasteiger partial charge >= 0.3 is 5.97 Å². The predicted octanol–water partition coefficient (Wildman–Crippen LogP) is 3.42. The minimum atomic E-state index is -1.13. The highest BCUT2D eigenvalue weighted by molar-refractivity contribution is 5.94. The van der Waals surface area contributed by atoms with E-state index >= 15 is 0 Å². The Morgan fingerprint density at radius 1 is 1.06 bits per heavy atom. The summed E-state index contributed by atoms with van der Waals surface area (Å²) in [4.78, 5) is 28.0. The molecule has 2 aromatic rings. The number of nitrogens with zero attached hydrogens (tertiary/aromatic N) is 2. The summed E-state index contributed by atoms with van der Waals surface area (Å²) in [6.07, 6.45) is 0.499. The van der Waals surface area contributed by atoms with Crippen LogP contribution in [0.4, 0.5) is 4.39 Å². The lowest BCUT2D eigenvalue weighted by molar-refractivity contribution is 0.0661. The van der Waals surface area contributed by atoms with Crippen molar-refractivity contribution in [3.63, 3.8) is 0 Å². The monoisotopic (exact) mass is 428 g/mol. The second-order valence-corrected chi connectivity index (χ2v) is 8.64. The van der Waals surface area contributed by atoms with Gasteiger partial charge in [-0.25, -0.2) is 9.18 Å². The molecule has 8 heteroatoms. The maximum atomic E-state index is 14.8. The van der Waals surface area contributed by atoms with Crippen LogP contribution < -0.4 is 9.47 Å². The predicted molar refractivity (Wildman–Crippen MR) is 112 cm³/mol. The van der Waals surface area contributed by atoms with E-state index in [1.807, 2.05) is 20.9 Å². The zero-order valence-electron chi connectivity index (χ0n) is 17.8. The molecule has 1 fully saturated rings. The largest absolute Gasteiger partial charge is 0.487 e. The Morgan fingerprint density at radius 2 is 1.77 bits per heavy atom. The van der Waals surface area contributed by atoms with Crippen molar-refractivity contribution in [2.45, 2.75) is 25.9 Å². The highest BCUT2D eigenvalue weighted by Crippen LogP contribution is 2.43. The lowest BCUT2D eigenvalue weighted by Crippen LogP contribution is -2.47. The molecule has 0 spiro atoms. The second kappa shape index (κ2) is 7.85. The molecule has 1 N–H and O–H groups in total. The van der Waals surface area contributed by atoms with E-state index in [0.29, 0.717) is 30.8 Å². The van der Waals surface area contributed by atoms with Gasteiger partial charge in [-0.15, -0.1) is 0 Å². The number of ether oxygens (including phenoxy) is 2. The third-order valence-corrected chi connectivity index (χ3v) is 5.59. The molecule has 164 valence electrons.